The second kappa shape index (κ2) is 10.9. The third-order valence-electron chi connectivity index (χ3n) is 6.05. The number of aryl methyl sites for hydroxylation is 1. The number of sulfonamides is 2. The van der Waals surface area contributed by atoms with Crippen LogP contribution in [0.15, 0.2) is 71.6 Å². The summed E-state index contributed by atoms with van der Waals surface area (Å²) in [6, 6.07) is 17.4. The first-order valence-corrected chi connectivity index (χ1v) is 14.8. The van der Waals surface area contributed by atoms with Crippen LogP contribution in [0.25, 0.3) is 0 Å². The molecule has 3 aromatic rings. The quantitative estimate of drug-likeness (QED) is 0.421. The number of anilines is 2. The normalized spacial score (nSPS) is 14.3. The fraction of sp³-hybridized carbons (Fsp3) is 0.269. The van der Waals surface area contributed by atoms with Gasteiger partial charge in [0.2, 0.25) is 10.0 Å². The lowest BCUT2D eigenvalue weighted by atomic mass is 10.1. The van der Waals surface area contributed by atoms with Gasteiger partial charge in [0.05, 0.1) is 23.4 Å². The van der Waals surface area contributed by atoms with Crippen molar-refractivity contribution in [2.24, 2.45) is 0 Å². The van der Waals surface area contributed by atoms with Gasteiger partial charge in [-0.3, -0.25) is 9.52 Å². The summed E-state index contributed by atoms with van der Waals surface area (Å²) in [4.78, 5) is 12.7. The molecule has 2 N–H and O–H groups in total. The Morgan fingerprint density at radius 1 is 0.919 bits per heavy atom. The monoisotopic (exact) mass is 543 g/mol. The van der Waals surface area contributed by atoms with Gasteiger partial charge in [-0.05, 0) is 79.4 Å². The van der Waals surface area contributed by atoms with Crippen LogP contribution in [-0.4, -0.2) is 47.2 Å². The summed E-state index contributed by atoms with van der Waals surface area (Å²) in [7, 11) is -5.78. The molecule has 1 heterocycles. The highest BCUT2D eigenvalue weighted by Crippen LogP contribution is 2.28. The minimum atomic E-state index is -3.88. The smallest absolute Gasteiger partial charge is 0.262 e. The zero-order valence-electron chi connectivity index (χ0n) is 20.6. The summed E-state index contributed by atoms with van der Waals surface area (Å²) in [5.74, 6) is -0.0993. The lowest BCUT2D eigenvalue weighted by molar-refractivity contribution is 0.102. The van der Waals surface area contributed by atoms with E-state index in [1.165, 1.54) is 35.7 Å². The molecule has 0 aromatic heterocycles. The molecule has 11 heteroatoms. The van der Waals surface area contributed by atoms with Crippen molar-refractivity contribution in [2.45, 2.75) is 30.4 Å². The van der Waals surface area contributed by atoms with Crippen LogP contribution in [-0.2, 0) is 25.8 Å². The molecule has 1 aliphatic heterocycles. The Morgan fingerprint density at radius 2 is 1.57 bits per heavy atom. The van der Waals surface area contributed by atoms with Gasteiger partial charge in [0.25, 0.3) is 15.9 Å². The van der Waals surface area contributed by atoms with Gasteiger partial charge in [0, 0.05) is 24.3 Å². The Hall–Kier alpha value is -3.41. The van der Waals surface area contributed by atoms with Gasteiger partial charge < -0.3 is 10.1 Å². The number of carbonyl (C=O) groups excluding carboxylic acids is 1. The zero-order valence-corrected chi connectivity index (χ0v) is 22.2. The molecule has 0 atom stereocenters. The van der Waals surface area contributed by atoms with Gasteiger partial charge in [-0.25, -0.2) is 21.1 Å². The maximum atomic E-state index is 12.9. The van der Waals surface area contributed by atoms with E-state index in [2.05, 4.69) is 10.0 Å². The molecule has 4 rings (SSSR count). The van der Waals surface area contributed by atoms with Crippen molar-refractivity contribution >= 4 is 37.3 Å². The largest absolute Gasteiger partial charge is 0.495 e. The number of benzene rings is 3. The highest BCUT2D eigenvalue weighted by atomic mass is 32.2. The van der Waals surface area contributed by atoms with Crippen molar-refractivity contribution in [1.82, 2.24) is 4.31 Å². The summed E-state index contributed by atoms with van der Waals surface area (Å²) in [5, 5.41) is 2.72. The Kier molecular flexibility index (Phi) is 7.86. The summed E-state index contributed by atoms with van der Waals surface area (Å²) in [6.45, 7) is 2.96. The topological polar surface area (TPSA) is 122 Å². The SMILES string of the molecule is COc1ccc(C)cc1NS(=O)(=O)c1ccc(NC(=O)c2ccc(CS(=O)(=O)N3CCCC3)cc2)cc1. The number of carbonyl (C=O) groups is 1. The van der Waals surface area contributed by atoms with Crippen LogP contribution in [0.5, 0.6) is 5.75 Å². The number of hydrogen-bond acceptors (Lipinski definition) is 6. The van der Waals surface area contributed by atoms with E-state index >= 15 is 0 Å². The van der Waals surface area contributed by atoms with Crippen LogP contribution in [0.4, 0.5) is 11.4 Å². The van der Waals surface area contributed by atoms with Gasteiger partial charge in [0.1, 0.15) is 5.75 Å². The van der Waals surface area contributed by atoms with Crippen LogP contribution in [0, 0.1) is 6.92 Å². The molecule has 196 valence electrons. The summed E-state index contributed by atoms with van der Waals surface area (Å²) >= 11 is 0. The van der Waals surface area contributed by atoms with Crippen molar-refractivity contribution in [1.29, 1.82) is 0 Å². The fourth-order valence-electron chi connectivity index (χ4n) is 4.05. The molecule has 0 aliphatic carbocycles. The van der Waals surface area contributed by atoms with Crippen LogP contribution >= 0.6 is 0 Å². The third kappa shape index (κ3) is 6.48. The fourth-order valence-corrected chi connectivity index (χ4v) is 6.72. The van der Waals surface area contributed by atoms with Crippen molar-refractivity contribution in [3.63, 3.8) is 0 Å². The van der Waals surface area contributed by atoms with E-state index in [1.807, 2.05) is 13.0 Å². The van der Waals surface area contributed by atoms with E-state index in [-0.39, 0.29) is 10.6 Å². The molecule has 0 spiro atoms. The van der Waals surface area contributed by atoms with E-state index in [1.54, 1.807) is 36.4 Å². The molecule has 1 fully saturated rings. The molecule has 37 heavy (non-hydrogen) atoms. The van der Waals surface area contributed by atoms with Crippen molar-refractivity contribution in [3.8, 4) is 5.75 Å². The number of methoxy groups -OCH3 is 1. The summed E-state index contributed by atoms with van der Waals surface area (Å²) in [6.07, 6.45) is 1.76. The number of hydrogen-bond donors (Lipinski definition) is 2. The van der Waals surface area contributed by atoms with Crippen LogP contribution in [0.1, 0.15) is 34.3 Å². The molecular weight excluding hydrogens is 514 g/mol. The van der Waals surface area contributed by atoms with Crippen molar-refractivity contribution in [2.75, 3.05) is 30.2 Å². The number of nitrogens with zero attached hydrogens (tertiary/aromatic N) is 1. The molecule has 0 unspecified atom stereocenters. The molecule has 0 radical (unpaired) electrons. The average Bonchev–Trinajstić information content (AvgIpc) is 3.41. The predicted molar refractivity (Wildman–Crippen MR) is 143 cm³/mol. The van der Waals surface area contributed by atoms with Gasteiger partial charge in [-0.15, -0.1) is 0 Å². The maximum absolute atomic E-state index is 12.9. The van der Waals surface area contributed by atoms with Gasteiger partial charge in [-0.1, -0.05) is 18.2 Å². The summed E-state index contributed by atoms with van der Waals surface area (Å²) in [5.41, 5.74) is 2.58. The van der Waals surface area contributed by atoms with E-state index in [9.17, 15) is 21.6 Å². The van der Waals surface area contributed by atoms with Gasteiger partial charge in [0.15, 0.2) is 0 Å². The first-order chi connectivity index (χ1) is 17.6. The molecule has 9 nitrogen and oxygen atoms in total. The first kappa shape index (κ1) is 26.6. The lowest BCUT2D eigenvalue weighted by Gasteiger charge is -2.15. The van der Waals surface area contributed by atoms with E-state index in [0.717, 1.165) is 18.4 Å². The highest BCUT2D eigenvalue weighted by Gasteiger charge is 2.25. The van der Waals surface area contributed by atoms with E-state index < -0.39 is 26.0 Å². The second-order valence-electron chi connectivity index (χ2n) is 8.85. The molecule has 1 saturated heterocycles. The number of ether oxygens (including phenoxy) is 1. The first-order valence-electron chi connectivity index (χ1n) is 11.7. The molecule has 1 aliphatic rings. The Bertz CT molecular complexity index is 1480. The van der Waals surface area contributed by atoms with E-state index in [0.29, 0.717) is 41.3 Å². The molecule has 0 saturated carbocycles. The minimum absolute atomic E-state index is 0.0256. The highest BCUT2D eigenvalue weighted by molar-refractivity contribution is 7.92. The third-order valence-corrected chi connectivity index (χ3v) is 9.28. The number of rotatable bonds is 9. The maximum Gasteiger partial charge on any atom is 0.262 e. The van der Waals surface area contributed by atoms with Crippen molar-refractivity contribution in [3.05, 3.63) is 83.4 Å². The van der Waals surface area contributed by atoms with Crippen LogP contribution in [0.2, 0.25) is 0 Å². The number of amides is 1. The van der Waals surface area contributed by atoms with E-state index in [4.69, 9.17) is 4.74 Å². The summed E-state index contributed by atoms with van der Waals surface area (Å²) < 4.78 is 60.0. The lowest BCUT2D eigenvalue weighted by Crippen LogP contribution is -2.29. The molecule has 0 bridgehead atoms. The Balaban J connectivity index is 1.40. The zero-order chi connectivity index (χ0) is 26.6. The van der Waals surface area contributed by atoms with Gasteiger partial charge in [-0.2, -0.15) is 0 Å². The van der Waals surface area contributed by atoms with Crippen molar-refractivity contribution < 1.29 is 26.4 Å². The minimum Gasteiger partial charge on any atom is -0.495 e. The Morgan fingerprint density at radius 3 is 2.19 bits per heavy atom. The second-order valence-corrected chi connectivity index (χ2v) is 12.5. The number of nitrogens with one attached hydrogen (secondary N) is 2. The average molecular weight is 544 g/mol. The van der Waals surface area contributed by atoms with Crippen LogP contribution < -0.4 is 14.8 Å². The molecule has 1 amide bonds. The predicted octanol–water partition coefficient (Wildman–Crippen LogP) is 3.98. The van der Waals surface area contributed by atoms with Gasteiger partial charge >= 0.3 is 0 Å². The van der Waals surface area contributed by atoms with Crippen LogP contribution in [0.3, 0.4) is 0 Å². The molecule has 3 aromatic carbocycles. The molecular formula is C26H29N3O6S2. The standard InChI is InChI=1S/C26H29N3O6S2/c1-19-5-14-25(35-2)24(17-19)28-37(33,34)23-12-10-22(11-13-23)27-26(30)21-8-6-20(7-9-21)18-36(31,32)29-15-3-4-16-29/h5-14,17,28H,3-4,15-16,18H2,1-2H3,(H,27,30). The Labute approximate surface area is 217 Å².